The molecule has 1 heterocycles. The summed E-state index contributed by atoms with van der Waals surface area (Å²) in [5.41, 5.74) is 6.34. The lowest BCUT2D eigenvalue weighted by Gasteiger charge is -2.16. The van der Waals surface area contributed by atoms with Crippen LogP contribution >= 0.6 is 0 Å². The van der Waals surface area contributed by atoms with Crippen molar-refractivity contribution in [3.05, 3.63) is 30.1 Å². The van der Waals surface area contributed by atoms with Gasteiger partial charge in [0, 0.05) is 12.7 Å². The number of amides is 1. The third-order valence-corrected chi connectivity index (χ3v) is 2.50. The Labute approximate surface area is 103 Å². The first-order valence-electron chi connectivity index (χ1n) is 6.03. The molecule has 0 aliphatic carbocycles. The van der Waals surface area contributed by atoms with E-state index in [9.17, 15) is 4.79 Å². The van der Waals surface area contributed by atoms with E-state index in [1.165, 1.54) is 0 Å². The molecule has 0 aromatic carbocycles. The third-order valence-electron chi connectivity index (χ3n) is 2.50. The Morgan fingerprint density at radius 1 is 1.47 bits per heavy atom. The van der Waals surface area contributed by atoms with Gasteiger partial charge in [0.15, 0.2) is 0 Å². The first kappa shape index (κ1) is 13.6. The molecule has 1 amide bonds. The zero-order valence-electron chi connectivity index (χ0n) is 10.5. The number of pyridine rings is 1. The quantitative estimate of drug-likeness (QED) is 0.780. The molecule has 0 saturated heterocycles. The second-order valence-electron chi connectivity index (χ2n) is 4.52. The number of nitrogens with one attached hydrogen (secondary N) is 1. The zero-order valence-corrected chi connectivity index (χ0v) is 10.5. The summed E-state index contributed by atoms with van der Waals surface area (Å²) in [4.78, 5) is 16.3. The first-order chi connectivity index (χ1) is 8.15. The van der Waals surface area contributed by atoms with Crippen molar-refractivity contribution >= 4 is 5.91 Å². The van der Waals surface area contributed by atoms with Crippen molar-refractivity contribution in [2.75, 3.05) is 13.1 Å². The molecule has 0 fully saturated rings. The fraction of sp³-hybridized carbons (Fsp3) is 0.538. The van der Waals surface area contributed by atoms with Gasteiger partial charge in [0.25, 0.3) is 0 Å². The summed E-state index contributed by atoms with van der Waals surface area (Å²) in [6.07, 6.45) is 2.33. The zero-order chi connectivity index (χ0) is 12.7. The molecule has 0 bridgehead atoms. The smallest absolute Gasteiger partial charge is 0.229 e. The van der Waals surface area contributed by atoms with Gasteiger partial charge in [-0.2, -0.15) is 0 Å². The van der Waals surface area contributed by atoms with Crippen molar-refractivity contribution in [2.24, 2.45) is 11.7 Å². The van der Waals surface area contributed by atoms with Crippen LogP contribution in [0.5, 0.6) is 0 Å². The average Bonchev–Trinajstić information content (AvgIpc) is 2.34. The minimum atomic E-state index is -0.236. The molecule has 1 atom stereocenters. The van der Waals surface area contributed by atoms with Crippen molar-refractivity contribution < 1.29 is 4.79 Å². The summed E-state index contributed by atoms with van der Waals surface area (Å²) in [6, 6.07) is 5.60. The van der Waals surface area contributed by atoms with Crippen molar-refractivity contribution in [2.45, 2.75) is 26.2 Å². The van der Waals surface area contributed by atoms with E-state index >= 15 is 0 Å². The van der Waals surface area contributed by atoms with E-state index in [0.29, 0.717) is 25.4 Å². The standard InChI is InChI=1S/C13H21N3O/c1-10(2)9-16-13(17)11(6-7-14)12-5-3-4-8-15-12/h3-5,8,10-11H,6-7,9,14H2,1-2H3,(H,16,17). The van der Waals surface area contributed by atoms with Crippen LogP contribution in [0, 0.1) is 5.92 Å². The number of hydrogen-bond acceptors (Lipinski definition) is 3. The molecular formula is C13H21N3O. The highest BCUT2D eigenvalue weighted by Gasteiger charge is 2.20. The summed E-state index contributed by atoms with van der Waals surface area (Å²) in [7, 11) is 0. The topological polar surface area (TPSA) is 68.0 Å². The number of carbonyl (C=O) groups excluding carboxylic acids is 1. The molecule has 1 aromatic rings. The first-order valence-corrected chi connectivity index (χ1v) is 6.03. The van der Waals surface area contributed by atoms with Gasteiger partial charge in [-0.25, -0.2) is 0 Å². The molecule has 1 unspecified atom stereocenters. The van der Waals surface area contributed by atoms with E-state index in [1.807, 2.05) is 18.2 Å². The minimum absolute atomic E-state index is 0.0165. The van der Waals surface area contributed by atoms with Crippen molar-refractivity contribution in [3.8, 4) is 0 Å². The summed E-state index contributed by atoms with van der Waals surface area (Å²) in [5.74, 6) is 0.226. The van der Waals surface area contributed by atoms with Gasteiger partial charge in [0.1, 0.15) is 0 Å². The average molecular weight is 235 g/mol. The number of carbonyl (C=O) groups is 1. The highest BCUT2D eigenvalue weighted by atomic mass is 16.1. The van der Waals surface area contributed by atoms with Gasteiger partial charge in [-0.05, 0) is 31.0 Å². The summed E-state index contributed by atoms with van der Waals surface area (Å²) in [5, 5.41) is 2.93. The highest BCUT2D eigenvalue weighted by Crippen LogP contribution is 2.16. The summed E-state index contributed by atoms with van der Waals surface area (Å²) < 4.78 is 0. The lowest BCUT2D eigenvalue weighted by atomic mass is 9.99. The molecule has 17 heavy (non-hydrogen) atoms. The van der Waals surface area contributed by atoms with Crippen LogP contribution in [0.15, 0.2) is 24.4 Å². The molecular weight excluding hydrogens is 214 g/mol. The molecule has 1 aromatic heterocycles. The SMILES string of the molecule is CC(C)CNC(=O)C(CCN)c1ccccn1. The maximum atomic E-state index is 12.0. The predicted octanol–water partition coefficient (Wildman–Crippen LogP) is 1.29. The van der Waals surface area contributed by atoms with E-state index < -0.39 is 0 Å². The van der Waals surface area contributed by atoms with Gasteiger partial charge < -0.3 is 11.1 Å². The van der Waals surface area contributed by atoms with Gasteiger partial charge in [-0.15, -0.1) is 0 Å². The van der Waals surface area contributed by atoms with Crippen LogP contribution in [0.1, 0.15) is 31.9 Å². The van der Waals surface area contributed by atoms with Crippen LogP contribution in [-0.2, 0) is 4.79 Å². The molecule has 0 aliphatic heterocycles. The van der Waals surface area contributed by atoms with Crippen LogP contribution < -0.4 is 11.1 Å². The minimum Gasteiger partial charge on any atom is -0.355 e. The molecule has 3 N–H and O–H groups in total. The molecule has 94 valence electrons. The molecule has 4 nitrogen and oxygen atoms in total. The fourth-order valence-electron chi connectivity index (χ4n) is 1.59. The van der Waals surface area contributed by atoms with Crippen molar-refractivity contribution in [1.82, 2.24) is 10.3 Å². The van der Waals surface area contributed by atoms with Gasteiger partial charge in [-0.3, -0.25) is 9.78 Å². The maximum absolute atomic E-state index is 12.0. The Morgan fingerprint density at radius 2 is 2.24 bits per heavy atom. The molecule has 1 rings (SSSR count). The predicted molar refractivity (Wildman–Crippen MR) is 68.5 cm³/mol. The molecule has 0 radical (unpaired) electrons. The second-order valence-corrected chi connectivity index (χ2v) is 4.52. The largest absolute Gasteiger partial charge is 0.355 e. The summed E-state index contributed by atoms with van der Waals surface area (Å²) >= 11 is 0. The molecule has 0 aliphatic rings. The Morgan fingerprint density at radius 3 is 2.76 bits per heavy atom. The van der Waals surface area contributed by atoms with Gasteiger partial charge in [0.05, 0.1) is 11.6 Å². The number of nitrogens with two attached hydrogens (primary N) is 1. The van der Waals surface area contributed by atoms with Crippen LogP contribution in [0.4, 0.5) is 0 Å². The van der Waals surface area contributed by atoms with E-state index in [2.05, 4.69) is 24.1 Å². The van der Waals surface area contributed by atoms with Crippen LogP contribution in [0.3, 0.4) is 0 Å². The molecule has 4 heteroatoms. The number of aromatic nitrogens is 1. The van der Waals surface area contributed by atoms with E-state index in [0.717, 1.165) is 5.69 Å². The Bertz CT molecular complexity index is 338. The Kier molecular flexibility index (Phi) is 5.63. The van der Waals surface area contributed by atoms with Crippen LogP contribution in [0.2, 0.25) is 0 Å². The fourth-order valence-corrected chi connectivity index (χ4v) is 1.59. The van der Waals surface area contributed by atoms with Crippen molar-refractivity contribution in [3.63, 3.8) is 0 Å². The number of nitrogens with zero attached hydrogens (tertiary/aromatic N) is 1. The number of rotatable bonds is 6. The third kappa shape index (κ3) is 4.53. The molecule has 0 spiro atoms. The van der Waals surface area contributed by atoms with Crippen LogP contribution in [-0.4, -0.2) is 24.0 Å². The number of hydrogen-bond donors (Lipinski definition) is 2. The summed E-state index contributed by atoms with van der Waals surface area (Å²) in [6.45, 7) is 5.31. The van der Waals surface area contributed by atoms with Crippen molar-refractivity contribution in [1.29, 1.82) is 0 Å². The van der Waals surface area contributed by atoms with Gasteiger partial charge in [0.2, 0.25) is 5.91 Å². The van der Waals surface area contributed by atoms with Gasteiger partial charge in [-0.1, -0.05) is 19.9 Å². The maximum Gasteiger partial charge on any atom is 0.229 e. The lowest BCUT2D eigenvalue weighted by Crippen LogP contribution is -2.33. The monoisotopic (exact) mass is 235 g/mol. The van der Waals surface area contributed by atoms with E-state index in [1.54, 1.807) is 6.20 Å². The van der Waals surface area contributed by atoms with E-state index in [4.69, 9.17) is 5.73 Å². The Hall–Kier alpha value is -1.42. The second kappa shape index (κ2) is 7.01. The van der Waals surface area contributed by atoms with Crippen LogP contribution in [0.25, 0.3) is 0 Å². The lowest BCUT2D eigenvalue weighted by molar-refractivity contribution is -0.122. The van der Waals surface area contributed by atoms with Gasteiger partial charge >= 0.3 is 0 Å². The Balaban J connectivity index is 2.69. The highest BCUT2D eigenvalue weighted by molar-refractivity contribution is 5.83. The molecule has 0 saturated carbocycles. The van der Waals surface area contributed by atoms with E-state index in [-0.39, 0.29) is 11.8 Å². The normalized spacial score (nSPS) is 12.5.